The third-order valence-corrected chi connectivity index (χ3v) is 2.77. The first kappa shape index (κ1) is 11.4. The largest absolute Gasteiger partial charge is 0.465 e. The molecule has 82 valence electrons. The molecule has 2 aromatic rings. The maximum Gasteiger partial charge on any atom is 0.340 e. The van der Waals surface area contributed by atoms with Crippen molar-refractivity contribution in [1.82, 2.24) is 4.98 Å². The topological polar surface area (TPSA) is 39.2 Å². The highest BCUT2D eigenvalue weighted by Gasteiger charge is 2.13. The lowest BCUT2D eigenvalue weighted by molar-refractivity contribution is 0.0603. The van der Waals surface area contributed by atoms with E-state index in [1.165, 1.54) is 7.11 Å². The standard InChI is InChI=1S/C11H7BrClNO2/c1-16-11(15)9-4-8(13)3-6-2-7(12)5-14-10(6)9/h2-5H,1H3. The van der Waals surface area contributed by atoms with Crippen LogP contribution < -0.4 is 0 Å². The van der Waals surface area contributed by atoms with Gasteiger partial charge in [0.25, 0.3) is 0 Å². The number of benzene rings is 1. The van der Waals surface area contributed by atoms with Gasteiger partial charge in [0.05, 0.1) is 18.2 Å². The van der Waals surface area contributed by atoms with Gasteiger partial charge in [-0.05, 0) is 34.1 Å². The number of hydrogen-bond acceptors (Lipinski definition) is 3. The number of esters is 1. The van der Waals surface area contributed by atoms with Crippen molar-refractivity contribution in [2.75, 3.05) is 7.11 Å². The van der Waals surface area contributed by atoms with E-state index >= 15 is 0 Å². The number of pyridine rings is 1. The van der Waals surface area contributed by atoms with Gasteiger partial charge in [-0.3, -0.25) is 4.98 Å². The minimum atomic E-state index is -0.442. The van der Waals surface area contributed by atoms with E-state index < -0.39 is 5.97 Å². The van der Waals surface area contributed by atoms with E-state index in [2.05, 4.69) is 25.7 Å². The molecule has 3 nitrogen and oxygen atoms in total. The van der Waals surface area contributed by atoms with Crippen LogP contribution >= 0.6 is 27.5 Å². The van der Waals surface area contributed by atoms with Crippen LogP contribution in [-0.2, 0) is 4.74 Å². The Morgan fingerprint density at radius 2 is 2.19 bits per heavy atom. The van der Waals surface area contributed by atoms with Gasteiger partial charge in [0.2, 0.25) is 0 Å². The molecule has 0 radical (unpaired) electrons. The molecule has 16 heavy (non-hydrogen) atoms. The molecule has 0 saturated carbocycles. The number of hydrogen-bond donors (Lipinski definition) is 0. The minimum absolute atomic E-state index is 0.373. The summed E-state index contributed by atoms with van der Waals surface area (Å²) in [5.74, 6) is -0.442. The maximum atomic E-state index is 11.5. The molecule has 0 saturated heterocycles. The fourth-order valence-electron chi connectivity index (χ4n) is 1.45. The van der Waals surface area contributed by atoms with Crippen molar-refractivity contribution in [1.29, 1.82) is 0 Å². The van der Waals surface area contributed by atoms with Crippen molar-refractivity contribution < 1.29 is 9.53 Å². The fraction of sp³-hybridized carbons (Fsp3) is 0.0909. The van der Waals surface area contributed by atoms with Crippen LogP contribution in [0.25, 0.3) is 10.9 Å². The molecular formula is C11H7BrClNO2. The van der Waals surface area contributed by atoms with Crippen LogP contribution in [0.3, 0.4) is 0 Å². The second kappa shape index (κ2) is 4.39. The quantitative estimate of drug-likeness (QED) is 0.757. The third-order valence-electron chi connectivity index (χ3n) is 2.12. The predicted octanol–water partition coefficient (Wildman–Crippen LogP) is 3.44. The van der Waals surface area contributed by atoms with Gasteiger partial charge in [-0.2, -0.15) is 0 Å². The van der Waals surface area contributed by atoms with Crippen molar-refractivity contribution >= 4 is 44.4 Å². The summed E-state index contributed by atoms with van der Waals surface area (Å²) in [5, 5.41) is 1.27. The van der Waals surface area contributed by atoms with Gasteiger partial charge in [0, 0.05) is 21.1 Å². The van der Waals surface area contributed by atoms with Crippen LogP contribution in [0.4, 0.5) is 0 Å². The Bertz CT molecular complexity index is 566. The van der Waals surface area contributed by atoms with Crippen LogP contribution in [0.1, 0.15) is 10.4 Å². The highest BCUT2D eigenvalue weighted by Crippen LogP contribution is 2.25. The molecular weight excluding hydrogens is 293 g/mol. The SMILES string of the molecule is COC(=O)c1cc(Cl)cc2cc(Br)cnc12. The fourth-order valence-corrected chi connectivity index (χ4v) is 2.03. The number of rotatable bonds is 1. The normalized spacial score (nSPS) is 10.4. The van der Waals surface area contributed by atoms with Gasteiger partial charge in [0.15, 0.2) is 0 Å². The number of carbonyl (C=O) groups is 1. The van der Waals surface area contributed by atoms with E-state index in [4.69, 9.17) is 11.6 Å². The minimum Gasteiger partial charge on any atom is -0.465 e. The average molecular weight is 301 g/mol. The number of methoxy groups -OCH3 is 1. The van der Waals surface area contributed by atoms with E-state index in [0.717, 1.165) is 9.86 Å². The smallest absolute Gasteiger partial charge is 0.340 e. The Kier molecular flexibility index (Phi) is 3.12. The lowest BCUT2D eigenvalue weighted by atomic mass is 10.1. The Hall–Kier alpha value is -1.13. The van der Waals surface area contributed by atoms with Crippen molar-refractivity contribution in [3.8, 4) is 0 Å². The first-order valence-corrected chi connectivity index (χ1v) is 5.62. The summed E-state index contributed by atoms with van der Waals surface area (Å²) in [6.45, 7) is 0. The monoisotopic (exact) mass is 299 g/mol. The molecule has 0 unspecified atom stereocenters. The zero-order valence-corrected chi connectivity index (χ0v) is 10.7. The molecule has 1 heterocycles. The van der Waals surface area contributed by atoms with E-state index in [1.807, 2.05) is 6.07 Å². The lowest BCUT2D eigenvalue weighted by Gasteiger charge is -2.05. The summed E-state index contributed by atoms with van der Waals surface area (Å²) < 4.78 is 5.51. The second-order valence-electron chi connectivity index (χ2n) is 3.17. The molecule has 2 rings (SSSR count). The number of carbonyl (C=O) groups excluding carboxylic acids is 1. The summed E-state index contributed by atoms with van der Waals surface area (Å²) >= 11 is 9.24. The zero-order valence-electron chi connectivity index (χ0n) is 8.33. The Morgan fingerprint density at radius 3 is 2.88 bits per heavy atom. The van der Waals surface area contributed by atoms with E-state index in [9.17, 15) is 4.79 Å². The molecule has 0 N–H and O–H groups in total. The van der Waals surface area contributed by atoms with Crippen molar-refractivity contribution in [3.05, 3.63) is 39.5 Å². The molecule has 0 aliphatic rings. The summed E-state index contributed by atoms with van der Waals surface area (Å²) in [6.07, 6.45) is 1.63. The molecule has 1 aromatic heterocycles. The van der Waals surface area contributed by atoms with Gasteiger partial charge < -0.3 is 4.74 Å². The predicted molar refractivity (Wildman–Crippen MR) is 65.8 cm³/mol. The van der Waals surface area contributed by atoms with E-state index in [-0.39, 0.29) is 0 Å². The van der Waals surface area contributed by atoms with Gasteiger partial charge in [-0.1, -0.05) is 11.6 Å². The number of aromatic nitrogens is 1. The maximum absolute atomic E-state index is 11.5. The van der Waals surface area contributed by atoms with Gasteiger partial charge in [-0.25, -0.2) is 4.79 Å². The lowest BCUT2D eigenvalue weighted by Crippen LogP contribution is -2.03. The van der Waals surface area contributed by atoms with Gasteiger partial charge in [0.1, 0.15) is 0 Å². The van der Waals surface area contributed by atoms with Crippen molar-refractivity contribution in [2.24, 2.45) is 0 Å². The first-order valence-electron chi connectivity index (χ1n) is 4.45. The summed E-state index contributed by atoms with van der Waals surface area (Å²) in [7, 11) is 1.33. The molecule has 0 bridgehead atoms. The number of nitrogens with zero attached hydrogens (tertiary/aromatic N) is 1. The molecule has 1 aromatic carbocycles. The molecule has 0 fully saturated rings. The Labute approximate surface area is 106 Å². The van der Waals surface area contributed by atoms with Crippen LogP contribution in [0.5, 0.6) is 0 Å². The highest BCUT2D eigenvalue weighted by atomic mass is 79.9. The van der Waals surface area contributed by atoms with Gasteiger partial charge >= 0.3 is 5.97 Å². The van der Waals surface area contributed by atoms with Crippen molar-refractivity contribution in [3.63, 3.8) is 0 Å². The van der Waals surface area contributed by atoms with Crippen LogP contribution in [0, 0.1) is 0 Å². The van der Waals surface area contributed by atoms with E-state index in [1.54, 1.807) is 18.3 Å². The molecule has 0 atom stereocenters. The molecule has 0 amide bonds. The highest BCUT2D eigenvalue weighted by molar-refractivity contribution is 9.10. The van der Waals surface area contributed by atoms with Gasteiger partial charge in [-0.15, -0.1) is 0 Å². The van der Waals surface area contributed by atoms with E-state index in [0.29, 0.717) is 16.1 Å². The van der Waals surface area contributed by atoms with Crippen LogP contribution in [-0.4, -0.2) is 18.1 Å². The molecule has 0 aliphatic heterocycles. The number of fused-ring (bicyclic) bond motifs is 1. The molecule has 0 spiro atoms. The third kappa shape index (κ3) is 2.03. The summed E-state index contributed by atoms with van der Waals surface area (Å²) in [5.41, 5.74) is 0.956. The Balaban J connectivity index is 2.77. The summed E-state index contributed by atoms with van der Waals surface area (Å²) in [6, 6.07) is 5.15. The number of ether oxygens (including phenoxy) is 1. The second-order valence-corrected chi connectivity index (χ2v) is 4.52. The molecule has 0 aliphatic carbocycles. The summed E-state index contributed by atoms with van der Waals surface area (Å²) in [4.78, 5) is 15.7. The first-order chi connectivity index (χ1) is 7.61. The number of halogens is 2. The zero-order chi connectivity index (χ0) is 11.7. The average Bonchev–Trinajstić information content (AvgIpc) is 2.26. The van der Waals surface area contributed by atoms with Crippen molar-refractivity contribution in [2.45, 2.75) is 0 Å². The Morgan fingerprint density at radius 1 is 1.44 bits per heavy atom. The van der Waals surface area contributed by atoms with Crippen LogP contribution in [0.15, 0.2) is 28.9 Å². The van der Waals surface area contributed by atoms with Crippen LogP contribution in [0.2, 0.25) is 5.02 Å². The molecule has 5 heteroatoms.